The molecule has 1 atom stereocenters. The van der Waals surface area contributed by atoms with E-state index >= 15 is 0 Å². The molecule has 8 heteroatoms. The van der Waals surface area contributed by atoms with Crippen molar-refractivity contribution in [2.24, 2.45) is 0 Å². The summed E-state index contributed by atoms with van der Waals surface area (Å²) < 4.78 is 3.62. The summed E-state index contributed by atoms with van der Waals surface area (Å²) in [5.41, 5.74) is 4.72. The molecule has 0 bridgehead atoms. The molecule has 5 aromatic rings. The van der Waals surface area contributed by atoms with Crippen molar-refractivity contribution < 1.29 is 4.79 Å². The molecule has 6 rings (SSSR count). The molecule has 8 nitrogen and oxygen atoms in total. The third kappa shape index (κ3) is 4.77. The monoisotopic (exact) mass is 451 g/mol. The van der Waals surface area contributed by atoms with Gasteiger partial charge < -0.3 is 5.32 Å². The van der Waals surface area contributed by atoms with Crippen molar-refractivity contribution in [1.29, 1.82) is 0 Å². The molecular weight excluding hydrogens is 426 g/mol. The van der Waals surface area contributed by atoms with Gasteiger partial charge in [0.15, 0.2) is 11.9 Å². The molecular formula is C26H25N7O. The van der Waals surface area contributed by atoms with Crippen LogP contribution in [0.5, 0.6) is 0 Å². The number of pyridine rings is 1. The first-order valence-electron chi connectivity index (χ1n) is 11.3. The van der Waals surface area contributed by atoms with E-state index in [0.29, 0.717) is 17.4 Å². The third-order valence-electron chi connectivity index (χ3n) is 5.73. The largest absolute Gasteiger partial charge is 0.312 e. The number of hydrogen-bond donors (Lipinski definition) is 1. The first-order chi connectivity index (χ1) is 16.8. The molecule has 0 aliphatic carbocycles. The molecule has 4 aromatic heterocycles. The highest BCUT2D eigenvalue weighted by atomic mass is 16.1. The molecule has 34 heavy (non-hydrogen) atoms. The molecule has 0 spiro atoms. The van der Waals surface area contributed by atoms with E-state index in [1.165, 1.54) is 12.8 Å². The second-order valence-corrected chi connectivity index (χ2v) is 8.06. The van der Waals surface area contributed by atoms with E-state index in [-0.39, 0.29) is 0 Å². The maximum Gasteiger partial charge on any atom is 0.171 e. The Morgan fingerprint density at radius 2 is 1.76 bits per heavy atom. The third-order valence-corrected chi connectivity index (χ3v) is 5.73. The van der Waals surface area contributed by atoms with Crippen LogP contribution >= 0.6 is 0 Å². The Kier molecular flexibility index (Phi) is 6.49. The topological polar surface area (TPSA) is 90.0 Å². The summed E-state index contributed by atoms with van der Waals surface area (Å²) in [5, 5.41) is 12.2. The fraction of sp³-hybridized carbons (Fsp3) is 0.192. The van der Waals surface area contributed by atoms with E-state index in [4.69, 9.17) is 0 Å². The highest BCUT2D eigenvalue weighted by molar-refractivity contribution is 5.92. The van der Waals surface area contributed by atoms with Crippen molar-refractivity contribution in [1.82, 2.24) is 34.7 Å². The van der Waals surface area contributed by atoms with E-state index in [2.05, 4.69) is 25.5 Å². The van der Waals surface area contributed by atoms with Gasteiger partial charge in [0.05, 0.1) is 17.8 Å². The predicted octanol–water partition coefficient (Wildman–Crippen LogP) is 3.91. The molecule has 1 aromatic carbocycles. The van der Waals surface area contributed by atoms with Crippen LogP contribution in [0.25, 0.3) is 28.2 Å². The van der Waals surface area contributed by atoms with Crippen LogP contribution in [0.4, 0.5) is 0 Å². The summed E-state index contributed by atoms with van der Waals surface area (Å²) in [6.45, 7) is 2.09. The highest BCUT2D eigenvalue weighted by Gasteiger charge is 2.15. The average molecular weight is 452 g/mol. The Balaban J connectivity index is 0.000000142. The zero-order valence-corrected chi connectivity index (χ0v) is 18.7. The summed E-state index contributed by atoms with van der Waals surface area (Å²) in [6.07, 6.45) is 10.6. The number of nitrogens with one attached hydrogen (secondary N) is 1. The normalized spacial score (nSPS) is 15.1. The van der Waals surface area contributed by atoms with E-state index in [1.54, 1.807) is 29.2 Å². The maximum atomic E-state index is 11.1. The van der Waals surface area contributed by atoms with Gasteiger partial charge in [-0.1, -0.05) is 36.4 Å². The van der Waals surface area contributed by atoms with Gasteiger partial charge in [0.2, 0.25) is 0 Å². The number of nitrogens with zero attached hydrogens (tertiary/aromatic N) is 6. The molecule has 0 radical (unpaired) electrons. The number of aldehydes is 1. The van der Waals surface area contributed by atoms with Crippen LogP contribution in [0.1, 0.15) is 23.3 Å². The van der Waals surface area contributed by atoms with Gasteiger partial charge in [-0.2, -0.15) is 10.2 Å². The Morgan fingerprint density at radius 3 is 2.53 bits per heavy atom. The second kappa shape index (κ2) is 10.2. The fourth-order valence-electron chi connectivity index (χ4n) is 4.12. The number of hydrogen-bond acceptors (Lipinski definition) is 6. The Bertz CT molecular complexity index is 1360. The van der Waals surface area contributed by atoms with Gasteiger partial charge in [-0.15, -0.1) is 0 Å². The van der Waals surface area contributed by atoms with Gasteiger partial charge in [-0.05, 0) is 49.2 Å². The minimum absolute atomic E-state index is 0.412. The van der Waals surface area contributed by atoms with Gasteiger partial charge in [-0.25, -0.2) is 9.50 Å². The molecule has 170 valence electrons. The summed E-state index contributed by atoms with van der Waals surface area (Å²) >= 11 is 0. The summed E-state index contributed by atoms with van der Waals surface area (Å²) in [5.74, 6) is 0. The lowest BCUT2D eigenvalue weighted by Gasteiger charge is -2.09. The maximum absolute atomic E-state index is 11.1. The first-order valence-corrected chi connectivity index (χ1v) is 11.3. The van der Waals surface area contributed by atoms with Crippen molar-refractivity contribution >= 4 is 11.9 Å². The van der Waals surface area contributed by atoms with E-state index < -0.39 is 0 Å². The summed E-state index contributed by atoms with van der Waals surface area (Å²) in [4.78, 5) is 19.6. The molecule has 1 fully saturated rings. The molecule has 1 N–H and O–H groups in total. The van der Waals surface area contributed by atoms with Crippen LogP contribution in [-0.4, -0.2) is 48.2 Å². The minimum Gasteiger partial charge on any atom is -0.312 e. The number of fused-ring (bicyclic) bond motifs is 1. The van der Waals surface area contributed by atoms with Gasteiger partial charge >= 0.3 is 0 Å². The van der Waals surface area contributed by atoms with E-state index in [9.17, 15) is 4.79 Å². The van der Waals surface area contributed by atoms with Crippen LogP contribution < -0.4 is 5.32 Å². The molecule has 1 unspecified atom stereocenters. The van der Waals surface area contributed by atoms with Crippen LogP contribution in [0.15, 0.2) is 85.5 Å². The fourth-order valence-corrected chi connectivity index (χ4v) is 4.12. The summed E-state index contributed by atoms with van der Waals surface area (Å²) in [7, 11) is 0. The standard InChI is InChI=1S/C13H16N4.C13H9N3O/c1-2-7-15-12(5-1)13-6-9-17(16-13)10-11-4-3-8-14-11;17-9-11-12(10-5-2-1-3-6-10)13-14-7-4-8-16(13)15-11/h1-2,5-7,9,11,14H,3-4,8,10H2;1-9H. The number of carbonyl (C=O) groups excluding carboxylic acids is 1. The molecule has 1 saturated heterocycles. The number of rotatable bonds is 5. The molecule has 1 aliphatic heterocycles. The second-order valence-electron chi connectivity index (χ2n) is 8.06. The zero-order valence-electron chi connectivity index (χ0n) is 18.7. The quantitative estimate of drug-likeness (QED) is 0.408. The Labute approximate surface area is 197 Å². The van der Waals surface area contributed by atoms with Crippen molar-refractivity contribution in [3.63, 3.8) is 0 Å². The van der Waals surface area contributed by atoms with E-state index in [1.807, 2.05) is 65.5 Å². The highest BCUT2D eigenvalue weighted by Crippen LogP contribution is 2.25. The van der Waals surface area contributed by atoms with Crippen LogP contribution in [-0.2, 0) is 6.54 Å². The predicted molar refractivity (Wildman–Crippen MR) is 130 cm³/mol. The van der Waals surface area contributed by atoms with Crippen molar-refractivity contribution in [2.75, 3.05) is 6.54 Å². The molecule has 0 amide bonds. The van der Waals surface area contributed by atoms with Gasteiger partial charge in [-0.3, -0.25) is 14.5 Å². The van der Waals surface area contributed by atoms with Crippen LogP contribution in [0.3, 0.4) is 0 Å². The summed E-state index contributed by atoms with van der Waals surface area (Å²) in [6, 6.07) is 19.9. The lowest BCUT2D eigenvalue weighted by molar-refractivity contribution is 0.111. The number of carbonyl (C=O) groups is 1. The first kappa shape index (κ1) is 21.7. The van der Waals surface area contributed by atoms with Crippen molar-refractivity contribution in [2.45, 2.75) is 25.4 Å². The minimum atomic E-state index is 0.412. The molecule has 0 saturated carbocycles. The number of benzene rings is 1. The van der Waals surface area contributed by atoms with Crippen molar-refractivity contribution in [3.8, 4) is 22.5 Å². The Hall–Kier alpha value is -4.17. The lowest BCUT2D eigenvalue weighted by atomic mass is 10.1. The Morgan fingerprint density at radius 1 is 0.912 bits per heavy atom. The number of aromatic nitrogens is 6. The SMILES string of the molecule is O=Cc1nn2cccnc2c1-c1ccccc1.c1ccc(-c2ccn(CC3CCCN3)n2)nc1. The molecule has 1 aliphatic rings. The van der Waals surface area contributed by atoms with Crippen LogP contribution in [0.2, 0.25) is 0 Å². The lowest BCUT2D eigenvalue weighted by Crippen LogP contribution is -2.26. The smallest absolute Gasteiger partial charge is 0.171 e. The van der Waals surface area contributed by atoms with Crippen LogP contribution in [0, 0.1) is 0 Å². The van der Waals surface area contributed by atoms with Gasteiger partial charge in [0.25, 0.3) is 0 Å². The van der Waals surface area contributed by atoms with Crippen molar-refractivity contribution in [3.05, 3.63) is 91.1 Å². The molecule has 5 heterocycles. The van der Waals surface area contributed by atoms with Gasteiger partial charge in [0.1, 0.15) is 11.4 Å². The van der Waals surface area contributed by atoms with Gasteiger partial charge in [0, 0.05) is 30.8 Å². The zero-order chi connectivity index (χ0) is 23.2. The van der Waals surface area contributed by atoms with E-state index in [0.717, 1.165) is 41.9 Å². The average Bonchev–Trinajstić information content (AvgIpc) is 3.66.